The molecule has 2 rings (SSSR count). The second-order valence-electron chi connectivity index (χ2n) is 5.80. The number of methoxy groups -OCH3 is 1. The Labute approximate surface area is 152 Å². The lowest BCUT2D eigenvalue weighted by atomic mass is 10.2. The molecule has 0 aliphatic carbocycles. The van der Waals surface area contributed by atoms with Gasteiger partial charge in [-0.15, -0.1) is 0 Å². The molecular weight excluding hydrogens is 360 g/mol. The summed E-state index contributed by atoms with van der Waals surface area (Å²) in [6.45, 7) is 1.90. The second kappa shape index (κ2) is 8.79. The number of sulfonamides is 1. The first-order chi connectivity index (χ1) is 12.3. The Bertz CT molecular complexity index is 803. The molecule has 0 saturated carbocycles. The Kier molecular flexibility index (Phi) is 6.73. The Hall–Kier alpha value is -2.42. The van der Waals surface area contributed by atoms with Gasteiger partial charge in [0.2, 0.25) is 0 Å². The average molecular weight is 382 g/mol. The predicted molar refractivity (Wildman–Crippen MR) is 94.2 cm³/mol. The molecule has 0 aromatic heterocycles. The third-order valence-corrected chi connectivity index (χ3v) is 5.21. The third-order valence-electron chi connectivity index (χ3n) is 3.81. The van der Waals surface area contributed by atoms with Crippen molar-refractivity contribution in [3.05, 3.63) is 29.8 Å². The first-order valence-electron chi connectivity index (χ1n) is 8.29. The fourth-order valence-corrected chi connectivity index (χ4v) is 3.72. The van der Waals surface area contributed by atoms with Crippen LogP contribution in [-0.4, -0.2) is 46.0 Å². The number of unbranched alkanes of at least 4 members (excludes halogenated alkanes) is 2. The van der Waals surface area contributed by atoms with Crippen LogP contribution in [0.3, 0.4) is 0 Å². The lowest BCUT2D eigenvalue weighted by Crippen LogP contribution is -2.25. The highest BCUT2D eigenvalue weighted by atomic mass is 32.2. The van der Waals surface area contributed by atoms with Crippen molar-refractivity contribution in [1.82, 2.24) is 4.72 Å². The van der Waals surface area contributed by atoms with Gasteiger partial charge in [-0.25, -0.2) is 13.2 Å². The summed E-state index contributed by atoms with van der Waals surface area (Å²) in [6.07, 6.45) is 1.32. The van der Waals surface area contributed by atoms with Crippen LogP contribution in [0.2, 0.25) is 0 Å². The van der Waals surface area contributed by atoms with Gasteiger partial charge in [0.15, 0.2) is 6.10 Å². The van der Waals surface area contributed by atoms with Crippen molar-refractivity contribution < 1.29 is 27.5 Å². The highest BCUT2D eigenvalue weighted by Crippen LogP contribution is 2.22. The van der Waals surface area contributed by atoms with E-state index in [1.54, 1.807) is 24.3 Å². The smallest absolute Gasteiger partial charge is 0.346 e. The van der Waals surface area contributed by atoms with Crippen molar-refractivity contribution in [2.24, 2.45) is 4.99 Å². The number of aliphatic imine (C=N–C) groups is 1. The largest absolute Gasteiger partial charge is 0.466 e. The van der Waals surface area contributed by atoms with Gasteiger partial charge in [0.05, 0.1) is 12.0 Å². The van der Waals surface area contributed by atoms with Crippen molar-refractivity contribution >= 4 is 27.8 Å². The number of carbonyl (C=O) groups excluding carboxylic acids is 2. The van der Waals surface area contributed by atoms with Crippen molar-refractivity contribution in [3.8, 4) is 0 Å². The van der Waals surface area contributed by atoms with E-state index < -0.39 is 28.1 Å². The zero-order valence-corrected chi connectivity index (χ0v) is 15.5. The summed E-state index contributed by atoms with van der Waals surface area (Å²) in [4.78, 5) is 27.3. The SMILES string of the molecule is COC(=O)C(C)OC(=O)CCCCCN=C1NS(=O)(=O)c2ccccc21. The summed E-state index contributed by atoms with van der Waals surface area (Å²) in [5.74, 6) is -0.688. The van der Waals surface area contributed by atoms with Crippen LogP contribution >= 0.6 is 0 Å². The van der Waals surface area contributed by atoms with Crippen LogP contribution in [0.5, 0.6) is 0 Å². The lowest BCUT2D eigenvalue weighted by molar-refractivity contribution is -0.164. The fraction of sp³-hybridized carbons (Fsp3) is 0.471. The molecule has 1 aromatic carbocycles. The van der Waals surface area contributed by atoms with Crippen molar-refractivity contribution in [3.63, 3.8) is 0 Å². The minimum atomic E-state index is -3.51. The minimum Gasteiger partial charge on any atom is -0.466 e. The van der Waals surface area contributed by atoms with E-state index in [-0.39, 0.29) is 11.3 Å². The van der Waals surface area contributed by atoms with Gasteiger partial charge < -0.3 is 9.47 Å². The summed E-state index contributed by atoms with van der Waals surface area (Å²) in [6, 6.07) is 6.68. The number of esters is 2. The number of benzene rings is 1. The molecule has 142 valence electrons. The van der Waals surface area contributed by atoms with Crippen LogP contribution < -0.4 is 4.72 Å². The number of hydrogen-bond donors (Lipinski definition) is 1. The second-order valence-corrected chi connectivity index (χ2v) is 7.45. The lowest BCUT2D eigenvalue weighted by Gasteiger charge is -2.10. The van der Waals surface area contributed by atoms with Gasteiger partial charge in [-0.2, -0.15) is 0 Å². The molecule has 1 N–H and O–H groups in total. The number of fused-ring (bicyclic) bond motifs is 1. The van der Waals surface area contributed by atoms with Crippen LogP contribution in [0.4, 0.5) is 0 Å². The van der Waals surface area contributed by atoms with Crippen molar-refractivity contribution in [2.75, 3.05) is 13.7 Å². The van der Waals surface area contributed by atoms with Crippen LogP contribution in [0.25, 0.3) is 0 Å². The molecule has 0 radical (unpaired) electrons. The van der Waals surface area contributed by atoms with E-state index in [2.05, 4.69) is 14.5 Å². The maximum absolute atomic E-state index is 12.0. The summed E-state index contributed by atoms with van der Waals surface area (Å²) in [5.41, 5.74) is 0.577. The highest BCUT2D eigenvalue weighted by Gasteiger charge is 2.29. The topological polar surface area (TPSA) is 111 Å². The molecule has 0 spiro atoms. The Morgan fingerprint density at radius 3 is 2.65 bits per heavy atom. The molecule has 1 aromatic rings. The maximum Gasteiger partial charge on any atom is 0.346 e. The van der Waals surface area contributed by atoms with E-state index in [0.717, 1.165) is 6.42 Å². The first-order valence-corrected chi connectivity index (χ1v) is 9.77. The van der Waals surface area contributed by atoms with Gasteiger partial charge in [0.25, 0.3) is 10.0 Å². The normalized spacial score (nSPS) is 17.2. The molecule has 8 nitrogen and oxygen atoms in total. The molecule has 1 aliphatic rings. The third kappa shape index (κ3) is 5.04. The zero-order chi connectivity index (χ0) is 19.2. The molecule has 1 heterocycles. The van der Waals surface area contributed by atoms with Gasteiger partial charge >= 0.3 is 11.9 Å². The molecule has 0 bridgehead atoms. The van der Waals surface area contributed by atoms with E-state index in [0.29, 0.717) is 30.8 Å². The summed E-state index contributed by atoms with van der Waals surface area (Å²) < 4.78 is 35.8. The fourth-order valence-electron chi connectivity index (χ4n) is 2.47. The Morgan fingerprint density at radius 2 is 1.92 bits per heavy atom. The number of amidine groups is 1. The monoisotopic (exact) mass is 382 g/mol. The zero-order valence-electron chi connectivity index (χ0n) is 14.7. The standard InChI is InChI=1S/C17H22N2O6S/c1-12(17(21)24-2)25-15(20)10-4-3-7-11-18-16-13-8-5-6-9-14(13)26(22,23)19-16/h5-6,8-9,12H,3-4,7,10-11H2,1-2H3,(H,18,19). The number of ether oxygens (including phenoxy) is 2. The van der Waals surface area contributed by atoms with Crippen LogP contribution in [0, 0.1) is 0 Å². The van der Waals surface area contributed by atoms with Gasteiger partial charge in [-0.1, -0.05) is 18.6 Å². The number of rotatable bonds is 8. The highest BCUT2D eigenvalue weighted by molar-refractivity contribution is 7.90. The van der Waals surface area contributed by atoms with Gasteiger partial charge in [0, 0.05) is 18.5 Å². The van der Waals surface area contributed by atoms with Crippen LogP contribution in [0.1, 0.15) is 38.2 Å². The molecule has 1 unspecified atom stereocenters. The molecule has 0 amide bonds. The van der Waals surface area contributed by atoms with Crippen LogP contribution in [0.15, 0.2) is 34.2 Å². The number of hydrogen-bond acceptors (Lipinski definition) is 7. The van der Waals surface area contributed by atoms with E-state index in [1.807, 2.05) is 0 Å². The maximum atomic E-state index is 12.0. The molecule has 26 heavy (non-hydrogen) atoms. The summed E-state index contributed by atoms with van der Waals surface area (Å²) >= 11 is 0. The summed E-state index contributed by atoms with van der Waals surface area (Å²) in [7, 11) is -2.28. The van der Waals surface area contributed by atoms with E-state index in [1.165, 1.54) is 14.0 Å². The minimum absolute atomic E-state index is 0.202. The Balaban J connectivity index is 1.72. The molecule has 9 heteroatoms. The van der Waals surface area contributed by atoms with E-state index in [9.17, 15) is 18.0 Å². The predicted octanol–water partition coefficient (Wildman–Crippen LogP) is 1.39. The Morgan fingerprint density at radius 1 is 1.19 bits per heavy atom. The van der Waals surface area contributed by atoms with E-state index >= 15 is 0 Å². The first kappa shape index (κ1) is 19.9. The molecule has 0 saturated heterocycles. The number of nitrogens with zero attached hydrogens (tertiary/aromatic N) is 1. The van der Waals surface area contributed by atoms with Crippen molar-refractivity contribution in [2.45, 2.75) is 43.6 Å². The molecular formula is C17H22N2O6S. The quantitative estimate of drug-likeness (QED) is 0.537. The van der Waals surface area contributed by atoms with Crippen molar-refractivity contribution in [1.29, 1.82) is 0 Å². The molecule has 0 fully saturated rings. The van der Waals surface area contributed by atoms with Gasteiger partial charge in [0.1, 0.15) is 5.84 Å². The van der Waals surface area contributed by atoms with Gasteiger partial charge in [-0.3, -0.25) is 14.5 Å². The van der Waals surface area contributed by atoms with E-state index in [4.69, 9.17) is 4.74 Å². The van der Waals surface area contributed by atoms with Crippen LogP contribution in [-0.2, 0) is 29.1 Å². The summed E-state index contributed by atoms with van der Waals surface area (Å²) in [5, 5.41) is 0. The van der Waals surface area contributed by atoms with Gasteiger partial charge in [-0.05, 0) is 31.9 Å². The molecule has 1 atom stereocenters. The number of nitrogens with one attached hydrogen (secondary N) is 1. The molecule has 1 aliphatic heterocycles. The average Bonchev–Trinajstić information content (AvgIpc) is 2.88. The number of carbonyl (C=O) groups is 2.